The van der Waals surface area contributed by atoms with E-state index in [0.717, 1.165) is 29.4 Å². The molecule has 0 spiro atoms. The van der Waals surface area contributed by atoms with Crippen molar-refractivity contribution in [2.75, 3.05) is 29.7 Å². The van der Waals surface area contributed by atoms with Gasteiger partial charge in [0.1, 0.15) is 17.5 Å². The highest BCUT2D eigenvalue weighted by Crippen LogP contribution is 2.27. The van der Waals surface area contributed by atoms with Gasteiger partial charge in [0, 0.05) is 24.1 Å². The van der Waals surface area contributed by atoms with E-state index in [1.807, 2.05) is 18.7 Å². The maximum Gasteiger partial charge on any atom is 0.138 e. The first-order chi connectivity index (χ1) is 9.18. The summed E-state index contributed by atoms with van der Waals surface area (Å²) in [7, 11) is 2.09. The molecule has 1 aromatic rings. The molecule has 0 saturated heterocycles. The van der Waals surface area contributed by atoms with Crippen molar-refractivity contribution in [2.45, 2.75) is 52.5 Å². The molecular formula is C15H28N4S. The highest BCUT2D eigenvalue weighted by atomic mass is 32.2. The van der Waals surface area contributed by atoms with Crippen LogP contribution >= 0.6 is 11.8 Å². The van der Waals surface area contributed by atoms with Crippen LogP contribution in [0.15, 0.2) is 0 Å². The van der Waals surface area contributed by atoms with Crippen LogP contribution in [0.4, 0.5) is 11.6 Å². The van der Waals surface area contributed by atoms with Crippen molar-refractivity contribution in [3.05, 3.63) is 11.4 Å². The van der Waals surface area contributed by atoms with Gasteiger partial charge in [0.25, 0.3) is 0 Å². The standard InChI is InChI=1S/C15H28N4S/c1-10(8-9-20-7)19(6)13-11(2)12(16)17-14(18-13)15(3,4)5/h10H,8-9H2,1-7H3,(H2,16,17,18). The zero-order valence-corrected chi connectivity index (χ0v) is 14.6. The second-order valence-electron chi connectivity index (χ2n) is 6.37. The van der Waals surface area contributed by atoms with E-state index in [0.29, 0.717) is 11.9 Å². The molecule has 4 nitrogen and oxygen atoms in total. The Morgan fingerprint density at radius 2 is 1.90 bits per heavy atom. The molecular weight excluding hydrogens is 268 g/mol. The topological polar surface area (TPSA) is 55.0 Å². The second-order valence-corrected chi connectivity index (χ2v) is 7.36. The minimum Gasteiger partial charge on any atom is -0.383 e. The molecule has 0 amide bonds. The van der Waals surface area contributed by atoms with Gasteiger partial charge in [-0.2, -0.15) is 11.8 Å². The molecule has 2 N–H and O–H groups in total. The maximum absolute atomic E-state index is 6.07. The monoisotopic (exact) mass is 296 g/mol. The van der Waals surface area contributed by atoms with Crippen LogP contribution in [0.1, 0.15) is 45.5 Å². The minimum atomic E-state index is -0.0973. The summed E-state index contributed by atoms with van der Waals surface area (Å²) < 4.78 is 0. The molecule has 0 bridgehead atoms. The van der Waals surface area contributed by atoms with E-state index >= 15 is 0 Å². The average Bonchev–Trinajstić information content (AvgIpc) is 2.36. The van der Waals surface area contributed by atoms with E-state index in [1.165, 1.54) is 0 Å². The van der Waals surface area contributed by atoms with Gasteiger partial charge in [0.15, 0.2) is 0 Å². The van der Waals surface area contributed by atoms with Crippen molar-refractivity contribution in [1.82, 2.24) is 9.97 Å². The van der Waals surface area contributed by atoms with Crippen LogP contribution in [0.2, 0.25) is 0 Å². The van der Waals surface area contributed by atoms with Gasteiger partial charge in [0.2, 0.25) is 0 Å². The fourth-order valence-corrected chi connectivity index (χ4v) is 2.47. The van der Waals surface area contributed by atoms with Gasteiger partial charge < -0.3 is 10.6 Å². The lowest BCUT2D eigenvalue weighted by molar-refractivity contribution is 0.542. The number of nitrogens with two attached hydrogens (primary N) is 1. The number of thioether (sulfide) groups is 1. The first-order valence-corrected chi connectivity index (χ1v) is 8.44. The average molecular weight is 296 g/mol. The maximum atomic E-state index is 6.07. The third-order valence-corrected chi connectivity index (χ3v) is 4.21. The van der Waals surface area contributed by atoms with Crippen molar-refractivity contribution in [3.8, 4) is 0 Å². The first kappa shape index (κ1) is 17.1. The lowest BCUT2D eigenvalue weighted by atomic mass is 9.95. The summed E-state index contributed by atoms with van der Waals surface area (Å²) in [5.74, 6) is 3.50. The van der Waals surface area contributed by atoms with Crippen LogP contribution in [-0.4, -0.2) is 35.1 Å². The van der Waals surface area contributed by atoms with Gasteiger partial charge >= 0.3 is 0 Å². The molecule has 0 radical (unpaired) electrons. The Hall–Kier alpha value is -0.970. The third kappa shape index (κ3) is 4.01. The minimum absolute atomic E-state index is 0.0973. The van der Waals surface area contributed by atoms with Gasteiger partial charge in [-0.3, -0.25) is 0 Å². The van der Waals surface area contributed by atoms with Crippen molar-refractivity contribution < 1.29 is 0 Å². The van der Waals surface area contributed by atoms with Crippen LogP contribution in [0.5, 0.6) is 0 Å². The van der Waals surface area contributed by atoms with E-state index in [4.69, 9.17) is 10.7 Å². The fourth-order valence-electron chi connectivity index (χ4n) is 1.89. The zero-order valence-electron chi connectivity index (χ0n) is 13.8. The summed E-state index contributed by atoms with van der Waals surface area (Å²) in [4.78, 5) is 11.4. The molecule has 0 aliphatic rings. The number of hydrogen-bond donors (Lipinski definition) is 1. The quantitative estimate of drug-likeness (QED) is 0.904. The van der Waals surface area contributed by atoms with Gasteiger partial charge in [0.05, 0.1) is 0 Å². The SMILES string of the molecule is CSCCC(C)N(C)c1nc(C(C)(C)C)nc(N)c1C. The Labute approximate surface area is 127 Å². The predicted octanol–water partition coefficient (Wildman–Crippen LogP) is 3.24. The van der Waals surface area contributed by atoms with E-state index in [1.54, 1.807) is 0 Å². The van der Waals surface area contributed by atoms with Crippen molar-refractivity contribution >= 4 is 23.4 Å². The Morgan fingerprint density at radius 1 is 1.30 bits per heavy atom. The first-order valence-electron chi connectivity index (χ1n) is 7.04. The molecule has 0 aliphatic heterocycles. The lowest BCUT2D eigenvalue weighted by Gasteiger charge is -2.29. The molecule has 114 valence electrons. The normalized spacial score (nSPS) is 13.3. The molecule has 5 heteroatoms. The van der Waals surface area contributed by atoms with Crippen LogP contribution in [0.3, 0.4) is 0 Å². The number of nitrogens with zero attached hydrogens (tertiary/aromatic N) is 3. The predicted molar refractivity (Wildman–Crippen MR) is 90.7 cm³/mol. The molecule has 0 aromatic carbocycles. The second kappa shape index (κ2) is 6.66. The molecule has 0 fully saturated rings. The largest absolute Gasteiger partial charge is 0.383 e. The summed E-state index contributed by atoms with van der Waals surface area (Å²) in [5.41, 5.74) is 6.95. The molecule has 0 aliphatic carbocycles. The van der Waals surface area contributed by atoms with Gasteiger partial charge in [-0.05, 0) is 32.3 Å². The third-order valence-electron chi connectivity index (χ3n) is 3.56. The Balaban J connectivity index is 3.13. The van der Waals surface area contributed by atoms with E-state index < -0.39 is 0 Å². The molecule has 1 heterocycles. The Morgan fingerprint density at radius 3 is 2.40 bits per heavy atom. The smallest absolute Gasteiger partial charge is 0.138 e. The van der Waals surface area contributed by atoms with Crippen LogP contribution in [0, 0.1) is 6.92 Å². The highest BCUT2D eigenvalue weighted by molar-refractivity contribution is 7.98. The van der Waals surface area contributed by atoms with Crippen LogP contribution < -0.4 is 10.6 Å². The number of anilines is 2. The molecule has 1 aromatic heterocycles. The summed E-state index contributed by atoms with van der Waals surface area (Å²) in [6.45, 7) is 10.5. The summed E-state index contributed by atoms with van der Waals surface area (Å²) in [5, 5.41) is 0. The van der Waals surface area contributed by atoms with Crippen molar-refractivity contribution in [1.29, 1.82) is 0 Å². The molecule has 1 unspecified atom stereocenters. The van der Waals surface area contributed by atoms with E-state index in [-0.39, 0.29) is 5.41 Å². The van der Waals surface area contributed by atoms with Gasteiger partial charge in [-0.15, -0.1) is 0 Å². The van der Waals surface area contributed by atoms with E-state index in [9.17, 15) is 0 Å². The lowest BCUT2D eigenvalue weighted by Crippen LogP contribution is -2.32. The molecule has 1 rings (SSSR count). The Kier molecular flexibility index (Phi) is 5.68. The van der Waals surface area contributed by atoms with Gasteiger partial charge in [-0.1, -0.05) is 20.8 Å². The van der Waals surface area contributed by atoms with Crippen molar-refractivity contribution in [3.63, 3.8) is 0 Å². The fraction of sp³-hybridized carbons (Fsp3) is 0.733. The molecule has 1 atom stereocenters. The number of aromatic nitrogens is 2. The summed E-state index contributed by atoms with van der Waals surface area (Å²) in [6.07, 6.45) is 3.27. The van der Waals surface area contributed by atoms with Crippen molar-refractivity contribution in [2.24, 2.45) is 0 Å². The summed E-state index contributed by atoms with van der Waals surface area (Å²) in [6, 6.07) is 0.434. The number of rotatable bonds is 5. The number of hydrogen-bond acceptors (Lipinski definition) is 5. The number of nitrogen functional groups attached to an aromatic ring is 1. The summed E-state index contributed by atoms with van der Waals surface area (Å²) >= 11 is 1.87. The molecule has 20 heavy (non-hydrogen) atoms. The zero-order chi connectivity index (χ0) is 15.5. The Bertz CT molecular complexity index is 454. The van der Waals surface area contributed by atoms with Crippen LogP contribution in [-0.2, 0) is 5.41 Å². The van der Waals surface area contributed by atoms with Gasteiger partial charge in [-0.25, -0.2) is 9.97 Å². The van der Waals surface area contributed by atoms with E-state index in [2.05, 4.69) is 50.9 Å². The molecule has 0 saturated carbocycles. The van der Waals surface area contributed by atoms with Crippen LogP contribution in [0.25, 0.3) is 0 Å². The highest BCUT2D eigenvalue weighted by Gasteiger charge is 2.23.